The summed E-state index contributed by atoms with van der Waals surface area (Å²) in [6, 6.07) is 5.54. The molecule has 1 saturated heterocycles. The Labute approximate surface area is 124 Å². The van der Waals surface area contributed by atoms with Crippen LogP contribution in [0.1, 0.15) is 13.8 Å². The van der Waals surface area contributed by atoms with Crippen LogP contribution in [0.5, 0.6) is 0 Å². The first-order valence-corrected chi connectivity index (χ1v) is 7.03. The Kier molecular flexibility index (Phi) is 5.04. The maximum atomic E-state index is 11.9. The summed E-state index contributed by atoms with van der Waals surface area (Å²) >= 11 is 6.30. The maximum absolute atomic E-state index is 11.9. The van der Waals surface area contributed by atoms with Crippen molar-refractivity contribution in [3.05, 3.63) is 34.9 Å². The fourth-order valence-electron chi connectivity index (χ4n) is 2.16. The molecule has 4 nitrogen and oxygen atoms in total. The predicted molar refractivity (Wildman–Crippen MR) is 82.5 cm³/mol. The normalized spacial score (nSPS) is 14.8. The Morgan fingerprint density at radius 2 is 2.05 bits per heavy atom. The van der Waals surface area contributed by atoms with Crippen molar-refractivity contribution in [2.45, 2.75) is 13.8 Å². The molecule has 1 aliphatic heterocycles. The molecule has 20 heavy (non-hydrogen) atoms. The van der Waals surface area contributed by atoms with Gasteiger partial charge in [-0.2, -0.15) is 0 Å². The molecule has 0 aromatic heterocycles. The van der Waals surface area contributed by atoms with Gasteiger partial charge in [-0.05, 0) is 26.0 Å². The maximum Gasteiger partial charge on any atom is 0.248 e. The predicted octanol–water partition coefficient (Wildman–Crippen LogP) is 3.08. The molecular formula is C15H19ClN2O2. The molecule has 1 aliphatic rings. The number of halogens is 1. The minimum Gasteiger partial charge on any atom is -0.378 e. The lowest BCUT2D eigenvalue weighted by molar-refractivity contribution is -0.111. The molecule has 1 aromatic rings. The Bertz CT molecular complexity index is 519. The molecule has 5 heteroatoms. The second kappa shape index (κ2) is 6.77. The largest absolute Gasteiger partial charge is 0.378 e. The van der Waals surface area contributed by atoms with E-state index < -0.39 is 0 Å². The fraction of sp³-hybridized carbons (Fsp3) is 0.400. The highest BCUT2D eigenvalue weighted by atomic mass is 35.5. The average Bonchev–Trinajstić information content (AvgIpc) is 2.39. The fourth-order valence-corrected chi connectivity index (χ4v) is 2.45. The molecule has 0 radical (unpaired) electrons. The number of morpholine rings is 1. The summed E-state index contributed by atoms with van der Waals surface area (Å²) < 4.78 is 5.35. The second-order valence-corrected chi connectivity index (χ2v) is 5.35. The third-order valence-electron chi connectivity index (χ3n) is 2.99. The molecule has 0 unspecified atom stereocenters. The van der Waals surface area contributed by atoms with E-state index in [1.807, 2.05) is 32.0 Å². The number of hydrogen-bond acceptors (Lipinski definition) is 3. The summed E-state index contributed by atoms with van der Waals surface area (Å²) in [7, 11) is 0. The molecule has 2 rings (SSSR count). The smallest absolute Gasteiger partial charge is 0.248 e. The molecule has 0 spiro atoms. The van der Waals surface area contributed by atoms with E-state index in [1.165, 1.54) is 0 Å². The minimum absolute atomic E-state index is 0.137. The number of carbonyl (C=O) groups is 1. The van der Waals surface area contributed by atoms with Crippen LogP contribution in [0.2, 0.25) is 5.02 Å². The number of benzene rings is 1. The number of para-hydroxylation sites is 1. The van der Waals surface area contributed by atoms with Gasteiger partial charge in [0, 0.05) is 19.2 Å². The summed E-state index contributed by atoms with van der Waals surface area (Å²) in [4.78, 5) is 14.0. The molecule has 0 bridgehead atoms. The number of nitrogens with zero attached hydrogens (tertiary/aromatic N) is 1. The lowest BCUT2D eigenvalue weighted by Crippen LogP contribution is -2.37. The highest BCUT2D eigenvalue weighted by Gasteiger charge is 2.18. The lowest BCUT2D eigenvalue weighted by atomic mass is 10.2. The lowest BCUT2D eigenvalue weighted by Gasteiger charge is -2.31. The van der Waals surface area contributed by atoms with E-state index in [0.29, 0.717) is 18.2 Å². The van der Waals surface area contributed by atoms with Crippen molar-refractivity contribution in [2.24, 2.45) is 0 Å². The first-order valence-electron chi connectivity index (χ1n) is 6.65. The summed E-state index contributed by atoms with van der Waals surface area (Å²) in [5, 5.41) is 3.54. The highest BCUT2D eigenvalue weighted by Crippen LogP contribution is 2.34. The summed E-state index contributed by atoms with van der Waals surface area (Å²) in [5.74, 6) is -0.137. The summed E-state index contributed by atoms with van der Waals surface area (Å²) in [5.41, 5.74) is 2.56. The molecular weight excluding hydrogens is 276 g/mol. The summed E-state index contributed by atoms with van der Waals surface area (Å²) in [6.07, 6.45) is 1.57. The van der Waals surface area contributed by atoms with Crippen LogP contribution in [0.15, 0.2) is 29.8 Å². The molecule has 0 atom stereocenters. The number of carbonyl (C=O) groups excluding carboxylic acids is 1. The zero-order valence-electron chi connectivity index (χ0n) is 11.8. The van der Waals surface area contributed by atoms with E-state index in [0.717, 1.165) is 30.0 Å². The van der Waals surface area contributed by atoms with Gasteiger partial charge in [-0.1, -0.05) is 23.2 Å². The Morgan fingerprint density at radius 1 is 1.35 bits per heavy atom. The van der Waals surface area contributed by atoms with Gasteiger partial charge in [0.1, 0.15) is 0 Å². The zero-order valence-corrected chi connectivity index (χ0v) is 12.5. The Balaban J connectivity index is 2.26. The number of amides is 1. The van der Waals surface area contributed by atoms with E-state index in [4.69, 9.17) is 16.3 Å². The SMILES string of the molecule is CC(C)=CC(=O)Nc1cccc(Cl)c1N1CCOCC1. The van der Waals surface area contributed by atoms with Crippen LogP contribution >= 0.6 is 11.6 Å². The van der Waals surface area contributed by atoms with Crippen LogP contribution < -0.4 is 10.2 Å². The topological polar surface area (TPSA) is 41.6 Å². The Morgan fingerprint density at radius 3 is 2.70 bits per heavy atom. The zero-order chi connectivity index (χ0) is 14.5. The van der Waals surface area contributed by atoms with Crippen molar-refractivity contribution in [3.63, 3.8) is 0 Å². The van der Waals surface area contributed by atoms with E-state index in [2.05, 4.69) is 10.2 Å². The molecule has 108 valence electrons. The van der Waals surface area contributed by atoms with Gasteiger partial charge in [-0.15, -0.1) is 0 Å². The van der Waals surface area contributed by atoms with Gasteiger partial charge >= 0.3 is 0 Å². The number of ether oxygens (including phenoxy) is 1. The third kappa shape index (κ3) is 3.74. The molecule has 1 aromatic carbocycles. The van der Waals surface area contributed by atoms with Gasteiger partial charge in [0.2, 0.25) is 5.91 Å². The van der Waals surface area contributed by atoms with Crippen LogP contribution in [0.25, 0.3) is 0 Å². The Hall–Kier alpha value is -1.52. The monoisotopic (exact) mass is 294 g/mol. The number of anilines is 2. The standard InChI is InChI=1S/C15H19ClN2O2/c1-11(2)10-14(19)17-13-5-3-4-12(16)15(13)18-6-8-20-9-7-18/h3-5,10H,6-9H2,1-2H3,(H,17,19). The number of rotatable bonds is 3. The minimum atomic E-state index is -0.137. The van der Waals surface area contributed by atoms with Gasteiger partial charge < -0.3 is 15.0 Å². The average molecular weight is 295 g/mol. The summed E-state index contributed by atoms with van der Waals surface area (Å²) in [6.45, 7) is 6.67. The molecule has 0 saturated carbocycles. The molecule has 1 amide bonds. The van der Waals surface area contributed by atoms with E-state index in [9.17, 15) is 4.79 Å². The number of nitrogens with one attached hydrogen (secondary N) is 1. The van der Waals surface area contributed by atoms with Crippen LogP contribution in [-0.4, -0.2) is 32.2 Å². The van der Waals surface area contributed by atoms with Crippen LogP contribution in [0, 0.1) is 0 Å². The number of allylic oxidation sites excluding steroid dienone is 1. The van der Waals surface area contributed by atoms with Crippen molar-refractivity contribution in [1.29, 1.82) is 0 Å². The highest BCUT2D eigenvalue weighted by molar-refractivity contribution is 6.34. The van der Waals surface area contributed by atoms with E-state index >= 15 is 0 Å². The van der Waals surface area contributed by atoms with Crippen molar-refractivity contribution in [2.75, 3.05) is 36.5 Å². The first kappa shape index (κ1) is 14.9. The molecule has 1 N–H and O–H groups in total. The van der Waals surface area contributed by atoms with Crippen LogP contribution in [-0.2, 0) is 9.53 Å². The van der Waals surface area contributed by atoms with Crippen LogP contribution in [0.4, 0.5) is 11.4 Å². The molecule has 1 heterocycles. The van der Waals surface area contributed by atoms with Gasteiger partial charge in [-0.3, -0.25) is 4.79 Å². The molecule has 0 aliphatic carbocycles. The third-order valence-corrected chi connectivity index (χ3v) is 3.30. The van der Waals surface area contributed by atoms with Gasteiger partial charge in [0.15, 0.2) is 0 Å². The molecule has 1 fully saturated rings. The van der Waals surface area contributed by atoms with Gasteiger partial charge in [0.05, 0.1) is 29.6 Å². The second-order valence-electron chi connectivity index (χ2n) is 4.95. The van der Waals surface area contributed by atoms with E-state index in [-0.39, 0.29) is 5.91 Å². The quantitative estimate of drug-likeness (QED) is 0.871. The van der Waals surface area contributed by atoms with Crippen LogP contribution in [0.3, 0.4) is 0 Å². The van der Waals surface area contributed by atoms with Gasteiger partial charge in [0.25, 0.3) is 0 Å². The van der Waals surface area contributed by atoms with Crippen molar-refractivity contribution in [1.82, 2.24) is 0 Å². The van der Waals surface area contributed by atoms with Gasteiger partial charge in [-0.25, -0.2) is 0 Å². The van der Waals surface area contributed by atoms with E-state index in [1.54, 1.807) is 6.08 Å². The first-order chi connectivity index (χ1) is 9.58. The van der Waals surface area contributed by atoms with Crippen molar-refractivity contribution in [3.8, 4) is 0 Å². The van der Waals surface area contributed by atoms with Crippen molar-refractivity contribution >= 4 is 28.9 Å². The van der Waals surface area contributed by atoms with Crippen molar-refractivity contribution < 1.29 is 9.53 Å². The number of hydrogen-bond donors (Lipinski definition) is 1.